The molecule has 0 bridgehead atoms. The summed E-state index contributed by atoms with van der Waals surface area (Å²) in [5, 5.41) is 0.465. The molecule has 1 N–H and O–H groups in total. The molecule has 0 fully saturated rings. The van der Waals surface area contributed by atoms with Gasteiger partial charge in [-0.25, -0.2) is 9.59 Å². The Morgan fingerprint density at radius 1 is 1.22 bits per heavy atom. The molecule has 7 nitrogen and oxygen atoms in total. The number of methoxy groups -OCH3 is 1. The molecule has 0 unspecified atom stereocenters. The van der Waals surface area contributed by atoms with Crippen LogP contribution in [0.2, 0.25) is 0 Å². The Hall–Kier alpha value is -1.93. The number of rotatable bonds is 4. The van der Waals surface area contributed by atoms with Gasteiger partial charge in [0.25, 0.3) is 10.1 Å². The van der Waals surface area contributed by atoms with E-state index in [1.54, 1.807) is 0 Å². The molecule has 0 rings (SSSR count). The van der Waals surface area contributed by atoms with Gasteiger partial charge in [0.15, 0.2) is 0 Å². The lowest BCUT2D eigenvalue weighted by atomic mass is 10.4. The Labute approximate surface area is 105 Å². The zero-order valence-corrected chi connectivity index (χ0v) is 10.8. The van der Waals surface area contributed by atoms with Gasteiger partial charge in [0.2, 0.25) is 5.76 Å². The maximum Gasteiger partial charge on any atom is 0.373 e. The molecule has 0 heterocycles. The van der Waals surface area contributed by atoms with Gasteiger partial charge in [0, 0.05) is 5.57 Å². The van der Waals surface area contributed by atoms with Gasteiger partial charge in [0.1, 0.15) is 0 Å². The smallest absolute Gasteiger partial charge is 0.373 e. The molecule has 0 spiro atoms. The Kier molecular flexibility index (Phi) is 8.40. The van der Waals surface area contributed by atoms with Crippen molar-refractivity contribution in [3.8, 4) is 0 Å². The van der Waals surface area contributed by atoms with E-state index < -0.39 is 22.1 Å². The van der Waals surface area contributed by atoms with Crippen LogP contribution in [0.1, 0.15) is 6.92 Å². The molecule has 0 aromatic carbocycles. The molecule has 0 atom stereocenters. The van der Waals surface area contributed by atoms with Crippen LogP contribution < -0.4 is 0 Å². The van der Waals surface area contributed by atoms with Crippen molar-refractivity contribution in [1.82, 2.24) is 0 Å². The first-order valence-electron chi connectivity index (χ1n) is 4.30. The zero-order chi connectivity index (χ0) is 14.9. The van der Waals surface area contributed by atoms with Gasteiger partial charge in [-0.15, -0.1) is 0 Å². The summed E-state index contributed by atoms with van der Waals surface area (Å²) in [4.78, 5) is 21.4. The van der Waals surface area contributed by atoms with Gasteiger partial charge in [-0.05, 0) is 13.5 Å². The summed E-state index contributed by atoms with van der Waals surface area (Å²) in [5.74, 6) is -1.81. The van der Waals surface area contributed by atoms with Gasteiger partial charge in [-0.2, -0.15) is 8.42 Å². The van der Waals surface area contributed by atoms with Crippen molar-refractivity contribution < 1.29 is 32.0 Å². The quantitative estimate of drug-likeness (QED) is 0.351. The molecule has 0 amide bonds. The summed E-state index contributed by atoms with van der Waals surface area (Å²) in [6, 6.07) is 0. The lowest BCUT2D eigenvalue weighted by molar-refractivity contribution is -0.147. The second-order valence-electron chi connectivity index (χ2n) is 2.77. The van der Waals surface area contributed by atoms with Gasteiger partial charge < -0.3 is 9.47 Å². The standard InChI is InChI=1S/C8H10O4.C2H4O3S/c1-5(2)7(9)12-6(3)8(10)11-4;1-2-6(3,4)5/h1,3H2,2,4H3;2H,1H2,(H,3,4,5). The number of ether oxygens (including phenoxy) is 2. The Balaban J connectivity index is 0. The van der Waals surface area contributed by atoms with Gasteiger partial charge >= 0.3 is 11.9 Å². The van der Waals surface area contributed by atoms with Crippen molar-refractivity contribution in [3.63, 3.8) is 0 Å². The highest BCUT2D eigenvalue weighted by Crippen LogP contribution is 2.01. The van der Waals surface area contributed by atoms with Crippen LogP contribution in [0, 0.1) is 0 Å². The maximum absolute atomic E-state index is 10.8. The van der Waals surface area contributed by atoms with E-state index in [4.69, 9.17) is 4.55 Å². The van der Waals surface area contributed by atoms with E-state index in [-0.39, 0.29) is 11.3 Å². The number of hydrogen-bond acceptors (Lipinski definition) is 6. The fourth-order valence-corrected chi connectivity index (χ4v) is 0.355. The Morgan fingerprint density at radius 3 is 1.83 bits per heavy atom. The van der Waals surface area contributed by atoms with Gasteiger partial charge in [0.05, 0.1) is 12.5 Å². The minimum absolute atomic E-state index is 0.194. The van der Waals surface area contributed by atoms with Crippen molar-refractivity contribution in [2.75, 3.05) is 7.11 Å². The first-order valence-corrected chi connectivity index (χ1v) is 5.80. The second kappa shape index (κ2) is 8.20. The van der Waals surface area contributed by atoms with E-state index in [0.717, 1.165) is 0 Å². The van der Waals surface area contributed by atoms with Crippen LogP contribution in [0.4, 0.5) is 0 Å². The first kappa shape index (κ1) is 18.4. The molecule has 18 heavy (non-hydrogen) atoms. The van der Waals surface area contributed by atoms with E-state index in [2.05, 4.69) is 29.2 Å². The monoisotopic (exact) mass is 278 g/mol. The zero-order valence-electron chi connectivity index (χ0n) is 10.0. The van der Waals surface area contributed by atoms with Crippen LogP contribution in [0.5, 0.6) is 0 Å². The summed E-state index contributed by atoms with van der Waals surface area (Å²) in [7, 11) is -2.73. The Bertz CT molecular complexity index is 447. The third kappa shape index (κ3) is 10.6. The van der Waals surface area contributed by atoms with Crippen LogP contribution in [0.25, 0.3) is 0 Å². The molecule has 0 aromatic rings. The summed E-state index contributed by atoms with van der Waals surface area (Å²) < 4.78 is 35.3. The third-order valence-electron chi connectivity index (χ3n) is 1.19. The van der Waals surface area contributed by atoms with Crippen molar-refractivity contribution in [1.29, 1.82) is 0 Å². The molecule has 0 radical (unpaired) electrons. The minimum Gasteiger partial charge on any atom is -0.463 e. The SMILES string of the molecule is C=C(C)C(=O)OC(=C)C(=O)OC.C=CS(=O)(=O)O. The fraction of sp³-hybridized carbons (Fsp3) is 0.200. The molecule has 0 aliphatic heterocycles. The number of carbonyl (C=O) groups excluding carboxylic acids is 2. The number of esters is 2. The van der Waals surface area contributed by atoms with Crippen LogP contribution in [0.3, 0.4) is 0 Å². The van der Waals surface area contributed by atoms with Gasteiger partial charge in [-0.3, -0.25) is 4.55 Å². The summed E-state index contributed by atoms with van der Waals surface area (Å²) in [6.07, 6.45) is 0. The van der Waals surface area contributed by atoms with Crippen molar-refractivity contribution >= 4 is 22.1 Å². The van der Waals surface area contributed by atoms with E-state index >= 15 is 0 Å². The fourth-order valence-electron chi connectivity index (χ4n) is 0.355. The van der Waals surface area contributed by atoms with Crippen molar-refractivity contribution in [2.45, 2.75) is 6.92 Å². The summed E-state index contributed by atoms with van der Waals surface area (Å²) in [6.45, 7) is 10.8. The topological polar surface area (TPSA) is 107 Å². The van der Waals surface area contributed by atoms with E-state index in [1.807, 2.05) is 0 Å². The molecule has 0 aliphatic carbocycles. The normalized spacial score (nSPS) is 9.28. The molecule has 0 saturated heterocycles. The van der Waals surface area contributed by atoms with Crippen LogP contribution in [-0.2, 0) is 29.2 Å². The largest absolute Gasteiger partial charge is 0.463 e. The maximum atomic E-state index is 10.8. The number of carbonyl (C=O) groups is 2. The lowest BCUT2D eigenvalue weighted by Crippen LogP contribution is -2.12. The number of hydrogen-bond donors (Lipinski definition) is 1. The third-order valence-corrected chi connectivity index (χ3v) is 1.61. The molecule has 102 valence electrons. The predicted octanol–water partition coefficient (Wildman–Crippen LogP) is 0.810. The van der Waals surface area contributed by atoms with Crippen LogP contribution >= 0.6 is 0 Å². The highest BCUT2D eigenvalue weighted by atomic mass is 32.2. The lowest BCUT2D eigenvalue weighted by Gasteiger charge is -2.03. The van der Waals surface area contributed by atoms with Crippen molar-refractivity contribution in [2.24, 2.45) is 0 Å². The van der Waals surface area contributed by atoms with Crippen LogP contribution in [-0.4, -0.2) is 32.0 Å². The van der Waals surface area contributed by atoms with Crippen LogP contribution in [0.15, 0.2) is 36.5 Å². The Morgan fingerprint density at radius 2 is 1.61 bits per heavy atom. The predicted molar refractivity (Wildman–Crippen MR) is 63.8 cm³/mol. The van der Waals surface area contributed by atoms with Crippen molar-refractivity contribution in [3.05, 3.63) is 36.5 Å². The molecular weight excluding hydrogens is 264 g/mol. The first-order chi connectivity index (χ1) is 8.05. The average Bonchev–Trinajstić information content (AvgIpc) is 2.27. The molecule has 0 aromatic heterocycles. The minimum atomic E-state index is -3.90. The van der Waals surface area contributed by atoms with E-state index in [0.29, 0.717) is 5.41 Å². The summed E-state index contributed by atoms with van der Waals surface area (Å²) in [5.41, 5.74) is 0.194. The average molecular weight is 278 g/mol. The highest BCUT2D eigenvalue weighted by Gasteiger charge is 2.12. The molecular formula is C10H14O7S. The van der Waals surface area contributed by atoms with E-state index in [1.165, 1.54) is 14.0 Å². The van der Waals surface area contributed by atoms with E-state index in [9.17, 15) is 18.0 Å². The second-order valence-corrected chi connectivity index (χ2v) is 4.13. The summed E-state index contributed by atoms with van der Waals surface area (Å²) >= 11 is 0. The molecule has 8 heteroatoms. The van der Waals surface area contributed by atoms with Gasteiger partial charge in [-0.1, -0.05) is 13.2 Å². The highest BCUT2D eigenvalue weighted by molar-refractivity contribution is 7.88. The molecule has 0 aliphatic rings. The molecule has 0 saturated carbocycles.